The van der Waals surface area contributed by atoms with Crippen molar-refractivity contribution < 1.29 is 5.11 Å². The normalized spacial score (nSPS) is 18.8. The minimum absolute atomic E-state index is 0.0620. The molecule has 2 aromatic carbocycles. The molecule has 22 heavy (non-hydrogen) atoms. The molecule has 0 spiro atoms. The Kier molecular flexibility index (Phi) is 4.82. The van der Waals surface area contributed by atoms with Crippen molar-refractivity contribution in [2.75, 3.05) is 6.54 Å². The molecule has 2 nitrogen and oxygen atoms in total. The maximum Gasteiger partial charge on any atom is 0.0682 e. The molecule has 1 atom stereocenters. The van der Waals surface area contributed by atoms with Crippen molar-refractivity contribution in [1.82, 2.24) is 4.90 Å². The molecule has 1 aliphatic rings. The molecule has 0 amide bonds. The van der Waals surface area contributed by atoms with E-state index in [1.165, 1.54) is 18.4 Å². The van der Waals surface area contributed by atoms with Gasteiger partial charge in [-0.3, -0.25) is 4.90 Å². The fraction of sp³-hybridized carbons (Fsp3) is 0.368. The van der Waals surface area contributed by atoms with E-state index in [1.807, 2.05) is 30.3 Å². The summed E-state index contributed by atoms with van der Waals surface area (Å²) < 4.78 is 0. The van der Waals surface area contributed by atoms with Gasteiger partial charge in [0.25, 0.3) is 0 Å². The number of rotatable bonds is 4. The van der Waals surface area contributed by atoms with Gasteiger partial charge in [0.2, 0.25) is 0 Å². The van der Waals surface area contributed by atoms with Crippen molar-refractivity contribution in [2.45, 2.75) is 39.0 Å². The van der Waals surface area contributed by atoms with Gasteiger partial charge in [-0.25, -0.2) is 0 Å². The topological polar surface area (TPSA) is 23.5 Å². The molecule has 0 aliphatic carbocycles. The summed E-state index contributed by atoms with van der Waals surface area (Å²) in [4.78, 5) is 2.49. The van der Waals surface area contributed by atoms with Crippen LogP contribution >= 0.6 is 11.6 Å². The number of nitrogens with zero attached hydrogens (tertiary/aromatic N) is 1. The van der Waals surface area contributed by atoms with Gasteiger partial charge in [-0.15, -0.1) is 0 Å². The number of halogens is 1. The van der Waals surface area contributed by atoms with Gasteiger partial charge >= 0.3 is 0 Å². The van der Waals surface area contributed by atoms with E-state index in [-0.39, 0.29) is 6.61 Å². The summed E-state index contributed by atoms with van der Waals surface area (Å²) in [6.07, 6.45) is 2.56. The Morgan fingerprint density at radius 3 is 2.68 bits per heavy atom. The minimum Gasteiger partial charge on any atom is -0.392 e. The van der Waals surface area contributed by atoms with Gasteiger partial charge < -0.3 is 5.11 Å². The van der Waals surface area contributed by atoms with Crippen molar-refractivity contribution in [2.24, 2.45) is 0 Å². The molecular weight excluding hydrogens is 294 g/mol. The molecule has 1 aliphatic heterocycles. The fourth-order valence-electron chi connectivity index (χ4n) is 3.15. The van der Waals surface area contributed by atoms with Gasteiger partial charge in [0.05, 0.1) is 6.61 Å². The largest absolute Gasteiger partial charge is 0.392 e. The van der Waals surface area contributed by atoms with E-state index < -0.39 is 0 Å². The molecule has 2 aromatic rings. The zero-order chi connectivity index (χ0) is 15.5. The average Bonchev–Trinajstić information content (AvgIpc) is 2.94. The number of aliphatic hydroxyl groups excluding tert-OH is 1. The van der Waals surface area contributed by atoms with Crippen LogP contribution in [0.15, 0.2) is 42.5 Å². The third-order valence-corrected chi connectivity index (χ3v) is 4.91. The first-order valence-electron chi connectivity index (χ1n) is 7.90. The van der Waals surface area contributed by atoms with Gasteiger partial charge in [0, 0.05) is 17.6 Å². The van der Waals surface area contributed by atoms with Crippen LogP contribution in [0.5, 0.6) is 0 Å². The predicted octanol–water partition coefficient (Wildman–Crippen LogP) is 4.48. The molecule has 0 aromatic heterocycles. The SMILES string of the molecule is CC1CCCN1Cc1ccc(-c2cccc(CO)c2)cc1Cl. The molecule has 116 valence electrons. The van der Waals surface area contributed by atoms with E-state index in [2.05, 4.69) is 24.0 Å². The molecular formula is C19H22ClNO. The van der Waals surface area contributed by atoms with Crippen molar-refractivity contribution in [1.29, 1.82) is 0 Å². The van der Waals surface area contributed by atoms with E-state index in [0.29, 0.717) is 6.04 Å². The Hall–Kier alpha value is -1.35. The summed E-state index contributed by atoms with van der Waals surface area (Å²) in [5, 5.41) is 10.1. The molecule has 1 saturated heterocycles. The lowest BCUT2D eigenvalue weighted by molar-refractivity contribution is 0.260. The molecule has 0 saturated carbocycles. The Labute approximate surface area is 137 Å². The standard InChI is InChI=1S/C19H22ClNO/c1-14-4-3-9-21(14)12-18-8-7-17(11-19(18)20)16-6-2-5-15(10-16)13-22/h2,5-8,10-11,14,22H,3-4,9,12-13H2,1H3. The molecule has 0 radical (unpaired) electrons. The molecule has 1 unspecified atom stereocenters. The van der Waals surface area contributed by atoms with Crippen LogP contribution in [0.1, 0.15) is 30.9 Å². The minimum atomic E-state index is 0.0620. The number of hydrogen-bond donors (Lipinski definition) is 1. The highest BCUT2D eigenvalue weighted by molar-refractivity contribution is 6.31. The second-order valence-corrected chi connectivity index (χ2v) is 6.53. The molecule has 0 bridgehead atoms. The summed E-state index contributed by atoms with van der Waals surface area (Å²) >= 11 is 6.50. The molecule has 3 heteroatoms. The van der Waals surface area contributed by atoms with Gasteiger partial charge in [-0.1, -0.05) is 41.9 Å². The molecule has 1 fully saturated rings. The van der Waals surface area contributed by atoms with E-state index in [4.69, 9.17) is 11.6 Å². The zero-order valence-electron chi connectivity index (χ0n) is 12.9. The third-order valence-electron chi connectivity index (χ3n) is 4.56. The highest BCUT2D eigenvalue weighted by atomic mass is 35.5. The summed E-state index contributed by atoms with van der Waals surface area (Å²) in [6.45, 7) is 4.44. The Morgan fingerprint density at radius 1 is 1.18 bits per heavy atom. The quantitative estimate of drug-likeness (QED) is 0.899. The van der Waals surface area contributed by atoms with Crippen LogP contribution in [0.4, 0.5) is 0 Å². The number of likely N-dealkylation sites (tertiary alicyclic amines) is 1. The Balaban J connectivity index is 1.82. The van der Waals surface area contributed by atoms with Gasteiger partial charge in [-0.05, 0) is 60.7 Å². The van der Waals surface area contributed by atoms with E-state index in [0.717, 1.165) is 34.8 Å². The van der Waals surface area contributed by atoms with Crippen LogP contribution in [0.3, 0.4) is 0 Å². The van der Waals surface area contributed by atoms with Gasteiger partial charge in [0.1, 0.15) is 0 Å². The second-order valence-electron chi connectivity index (χ2n) is 6.13. The first-order valence-corrected chi connectivity index (χ1v) is 8.28. The third kappa shape index (κ3) is 3.35. The Bertz CT molecular complexity index is 656. The first-order chi connectivity index (χ1) is 10.7. The summed E-state index contributed by atoms with van der Waals surface area (Å²) in [5.41, 5.74) is 4.30. The number of aliphatic hydroxyl groups is 1. The average molecular weight is 316 g/mol. The summed E-state index contributed by atoms with van der Waals surface area (Å²) in [6, 6.07) is 14.9. The van der Waals surface area contributed by atoms with Crippen LogP contribution in [-0.2, 0) is 13.2 Å². The van der Waals surface area contributed by atoms with Gasteiger partial charge in [-0.2, -0.15) is 0 Å². The van der Waals surface area contributed by atoms with E-state index >= 15 is 0 Å². The molecule has 3 rings (SSSR count). The lowest BCUT2D eigenvalue weighted by Gasteiger charge is -2.21. The zero-order valence-corrected chi connectivity index (χ0v) is 13.7. The summed E-state index contributed by atoms with van der Waals surface area (Å²) in [5.74, 6) is 0. The van der Waals surface area contributed by atoms with Crippen LogP contribution in [0, 0.1) is 0 Å². The van der Waals surface area contributed by atoms with E-state index in [9.17, 15) is 5.11 Å². The maximum absolute atomic E-state index is 9.26. The highest BCUT2D eigenvalue weighted by Gasteiger charge is 2.20. The van der Waals surface area contributed by atoms with Gasteiger partial charge in [0.15, 0.2) is 0 Å². The van der Waals surface area contributed by atoms with Crippen LogP contribution in [0.2, 0.25) is 5.02 Å². The Morgan fingerprint density at radius 2 is 2.00 bits per heavy atom. The van der Waals surface area contributed by atoms with Crippen molar-refractivity contribution in [3.05, 3.63) is 58.6 Å². The van der Waals surface area contributed by atoms with Crippen LogP contribution < -0.4 is 0 Å². The van der Waals surface area contributed by atoms with Crippen LogP contribution in [-0.4, -0.2) is 22.6 Å². The fourth-order valence-corrected chi connectivity index (χ4v) is 3.39. The lowest BCUT2D eigenvalue weighted by atomic mass is 10.0. The van der Waals surface area contributed by atoms with E-state index in [1.54, 1.807) is 0 Å². The maximum atomic E-state index is 9.26. The van der Waals surface area contributed by atoms with Crippen molar-refractivity contribution in [3.63, 3.8) is 0 Å². The molecule has 1 heterocycles. The number of hydrogen-bond acceptors (Lipinski definition) is 2. The highest BCUT2D eigenvalue weighted by Crippen LogP contribution is 2.28. The monoisotopic (exact) mass is 315 g/mol. The predicted molar refractivity (Wildman–Crippen MR) is 91.9 cm³/mol. The lowest BCUT2D eigenvalue weighted by Crippen LogP contribution is -2.26. The smallest absolute Gasteiger partial charge is 0.0682 e. The van der Waals surface area contributed by atoms with Crippen LogP contribution in [0.25, 0.3) is 11.1 Å². The second kappa shape index (κ2) is 6.82. The van der Waals surface area contributed by atoms with Crippen molar-refractivity contribution >= 4 is 11.6 Å². The summed E-state index contributed by atoms with van der Waals surface area (Å²) in [7, 11) is 0. The number of benzene rings is 2. The molecule has 1 N–H and O–H groups in total. The van der Waals surface area contributed by atoms with Crippen molar-refractivity contribution in [3.8, 4) is 11.1 Å². The first kappa shape index (κ1) is 15.5.